The van der Waals surface area contributed by atoms with Gasteiger partial charge in [-0.1, -0.05) is 187 Å². The van der Waals surface area contributed by atoms with E-state index in [1.54, 1.807) is 40.7 Å². The van der Waals surface area contributed by atoms with Crippen LogP contribution in [-0.4, -0.2) is 49.2 Å². The van der Waals surface area contributed by atoms with Crippen molar-refractivity contribution in [3.8, 4) is 0 Å². The normalized spacial score (nSPS) is 15.4. The van der Waals surface area contributed by atoms with Crippen LogP contribution in [0.2, 0.25) is 0 Å². The summed E-state index contributed by atoms with van der Waals surface area (Å²) in [4.78, 5) is 15.6. The lowest BCUT2D eigenvalue weighted by molar-refractivity contribution is 0.0664. The molecule has 6 nitrogen and oxygen atoms in total. The van der Waals surface area contributed by atoms with Gasteiger partial charge in [0.15, 0.2) is 0 Å². The minimum Gasteiger partial charge on any atom is -0.322 e. The van der Waals surface area contributed by atoms with Gasteiger partial charge in [-0.2, -0.15) is 4.31 Å². The number of nitrogens with zero attached hydrogens (tertiary/aromatic N) is 2. The van der Waals surface area contributed by atoms with Crippen LogP contribution in [0.4, 0.5) is 5.69 Å². The van der Waals surface area contributed by atoms with Crippen molar-refractivity contribution in [3.63, 3.8) is 0 Å². The minimum atomic E-state index is -3.84. The summed E-state index contributed by atoms with van der Waals surface area (Å²) in [6.07, 6.45) is 14.5. The van der Waals surface area contributed by atoms with E-state index in [0.29, 0.717) is 30.9 Å². The van der Waals surface area contributed by atoms with E-state index in [1.807, 2.05) is 18.2 Å². The number of rotatable bonds is 20. The highest BCUT2D eigenvalue weighted by molar-refractivity contribution is 7.89. The Kier molecular flexibility index (Phi) is 15.1. The third kappa shape index (κ3) is 10.0. The van der Waals surface area contributed by atoms with E-state index in [4.69, 9.17) is 0 Å². The van der Waals surface area contributed by atoms with Crippen molar-refractivity contribution in [1.82, 2.24) is 9.21 Å². The van der Waals surface area contributed by atoms with Crippen LogP contribution in [0.1, 0.15) is 111 Å². The molecule has 0 aromatic heterocycles. The molecular weight excluding hydrogens is 711 g/mol. The summed E-state index contributed by atoms with van der Waals surface area (Å²) in [5, 5.41) is 2.90. The van der Waals surface area contributed by atoms with E-state index < -0.39 is 15.6 Å². The number of anilines is 1. The van der Waals surface area contributed by atoms with Crippen LogP contribution < -0.4 is 5.32 Å². The second-order valence-electron chi connectivity index (χ2n) is 15.2. The molecule has 5 aromatic rings. The Labute approximate surface area is 336 Å². The molecule has 294 valence electrons. The van der Waals surface area contributed by atoms with Gasteiger partial charge in [0.1, 0.15) is 0 Å². The molecule has 0 aliphatic carbocycles. The van der Waals surface area contributed by atoms with E-state index >= 15 is 0 Å². The fourth-order valence-electron chi connectivity index (χ4n) is 8.46. The van der Waals surface area contributed by atoms with Gasteiger partial charge in [-0.3, -0.25) is 9.69 Å². The topological polar surface area (TPSA) is 69.7 Å². The Hall–Kier alpha value is -4.56. The van der Waals surface area contributed by atoms with Crippen molar-refractivity contribution in [3.05, 3.63) is 168 Å². The zero-order valence-electron chi connectivity index (χ0n) is 33.1. The minimum absolute atomic E-state index is 0.222. The first kappa shape index (κ1) is 41.1. The number of hydrogen-bond donors (Lipinski definition) is 1. The first-order valence-electron chi connectivity index (χ1n) is 20.8. The van der Waals surface area contributed by atoms with Gasteiger partial charge in [-0.15, -0.1) is 0 Å². The molecule has 0 bridgehead atoms. The molecule has 0 radical (unpaired) electrons. The summed E-state index contributed by atoms with van der Waals surface area (Å²) in [6, 6.07) is 47.5. The zero-order chi connectivity index (χ0) is 39.1. The number of unbranched alkanes of at least 4 members (excludes halogenated alkanes) is 10. The molecular formula is C49H59N3O3S. The van der Waals surface area contributed by atoms with Crippen LogP contribution in [0, 0.1) is 0 Å². The summed E-state index contributed by atoms with van der Waals surface area (Å²) < 4.78 is 31.0. The quantitative estimate of drug-likeness (QED) is 0.0632. The molecule has 0 spiro atoms. The molecule has 6 rings (SSSR count). The van der Waals surface area contributed by atoms with Crippen LogP contribution in [0.15, 0.2) is 150 Å². The summed E-state index contributed by atoms with van der Waals surface area (Å²) in [7, 11) is -3.84. The highest BCUT2D eigenvalue weighted by Crippen LogP contribution is 2.44. The molecule has 0 saturated carbocycles. The zero-order valence-corrected chi connectivity index (χ0v) is 33.9. The second kappa shape index (κ2) is 20.6. The molecule has 56 heavy (non-hydrogen) atoms. The van der Waals surface area contributed by atoms with Crippen molar-refractivity contribution < 1.29 is 13.2 Å². The van der Waals surface area contributed by atoms with Crippen molar-refractivity contribution in [1.29, 1.82) is 0 Å². The molecule has 7 heteroatoms. The third-order valence-electron chi connectivity index (χ3n) is 11.4. The molecule has 1 amide bonds. The lowest BCUT2D eigenvalue weighted by atomic mass is 9.75. The lowest BCUT2D eigenvalue weighted by Gasteiger charge is -2.51. The molecule has 1 aliphatic rings. The highest BCUT2D eigenvalue weighted by Gasteiger charge is 2.47. The number of nitrogens with one attached hydrogen (secondary N) is 1. The van der Waals surface area contributed by atoms with Gasteiger partial charge in [0.25, 0.3) is 5.91 Å². The SMILES string of the molecule is CCCCCCCCCCCCCC1CN(C(c2ccccc2)(c2ccccc2)c2ccccc2)CCN1S(=O)(=O)c1ccc(NC(=O)c2ccccc2)cc1. The highest BCUT2D eigenvalue weighted by atomic mass is 32.2. The maximum atomic E-state index is 14.6. The average molecular weight is 770 g/mol. The number of piperazine rings is 1. The lowest BCUT2D eigenvalue weighted by Crippen LogP contribution is -2.61. The van der Waals surface area contributed by atoms with E-state index in [2.05, 4.69) is 108 Å². The molecule has 1 fully saturated rings. The largest absolute Gasteiger partial charge is 0.322 e. The number of carbonyl (C=O) groups is 1. The number of sulfonamides is 1. The fourth-order valence-corrected chi connectivity index (χ4v) is 10.1. The van der Waals surface area contributed by atoms with Gasteiger partial charge in [0.2, 0.25) is 10.0 Å². The predicted octanol–water partition coefficient (Wildman–Crippen LogP) is 11.3. The first-order valence-corrected chi connectivity index (χ1v) is 22.3. The number of benzene rings is 5. The van der Waals surface area contributed by atoms with E-state index in [0.717, 1.165) is 36.0 Å². The third-order valence-corrected chi connectivity index (χ3v) is 13.3. The van der Waals surface area contributed by atoms with Gasteiger partial charge in [-0.25, -0.2) is 8.42 Å². The van der Waals surface area contributed by atoms with Crippen molar-refractivity contribution in [2.45, 2.75) is 100 Å². The van der Waals surface area contributed by atoms with Crippen LogP contribution >= 0.6 is 0 Å². The Bertz CT molecular complexity index is 1910. The maximum Gasteiger partial charge on any atom is 0.255 e. The Morgan fingerprint density at radius 3 is 1.52 bits per heavy atom. The summed E-state index contributed by atoms with van der Waals surface area (Å²) >= 11 is 0. The molecule has 1 saturated heterocycles. The monoisotopic (exact) mass is 769 g/mol. The molecule has 1 atom stereocenters. The molecule has 1 unspecified atom stereocenters. The van der Waals surface area contributed by atoms with Crippen molar-refractivity contribution in [2.24, 2.45) is 0 Å². The Morgan fingerprint density at radius 2 is 1.04 bits per heavy atom. The summed E-state index contributed by atoms with van der Waals surface area (Å²) in [5.74, 6) is -0.233. The van der Waals surface area contributed by atoms with E-state index in [-0.39, 0.29) is 16.8 Å². The number of hydrogen-bond acceptors (Lipinski definition) is 4. The van der Waals surface area contributed by atoms with E-state index in [1.165, 1.54) is 57.8 Å². The van der Waals surface area contributed by atoms with Gasteiger partial charge < -0.3 is 5.32 Å². The number of amides is 1. The van der Waals surface area contributed by atoms with E-state index in [9.17, 15) is 13.2 Å². The standard InChI is InChI=1S/C49H59N3O3S/c1-2-3-4-5-6-7-8-9-10-11-24-33-46-40-51(49(42-27-18-13-19-28-42,43-29-20-14-21-30-43)44-31-22-15-23-32-44)38-39-52(46)56(54,55)47-36-34-45(35-37-47)50-48(53)41-25-16-12-17-26-41/h12-23,25-32,34-37,46H,2-11,24,33,38-40H2,1H3,(H,50,53). The average Bonchev–Trinajstić information content (AvgIpc) is 3.25. The van der Waals surface area contributed by atoms with Crippen LogP contribution in [0.3, 0.4) is 0 Å². The fraction of sp³-hybridized carbons (Fsp3) is 0.367. The summed E-state index contributed by atoms with van der Waals surface area (Å²) in [6.45, 7) is 3.77. The van der Waals surface area contributed by atoms with Crippen LogP contribution in [-0.2, 0) is 15.6 Å². The Balaban J connectivity index is 1.25. The van der Waals surface area contributed by atoms with Crippen molar-refractivity contribution >= 4 is 21.6 Å². The predicted molar refractivity (Wildman–Crippen MR) is 230 cm³/mol. The van der Waals surface area contributed by atoms with Gasteiger partial charge in [0, 0.05) is 36.9 Å². The van der Waals surface area contributed by atoms with Gasteiger partial charge in [0.05, 0.1) is 10.4 Å². The molecule has 1 aliphatic heterocycles. The summed E-state index contributed by atoms with van der Waals surface area (Å²) in [5.41, 5.74) is 3.97. The molecule has 1 heterocycles. The number of carbonyl (C=O) groups excluding carboxylic acids is 1. The van der Waals surface area contributed by atoms with Crippen LogP contribution in [0.25, 0.3) is 0 Å². The smallest absolute Gasteiger partial charge is 0.255 e. The molecule has 5 aromatic carbocycles. The second-order valence-corrected chi connectivity index (χ2v) is 17.1. The van der Waals surface area contributed by atoms with Gasteiger partial charge in [-0.05, 0) is 59.5 Å². The Morgan fingerprint density at radius 1 is 0.589 bits per heavy atom. The van der Waals surface area contributed by atoms with Gasteiger partial charge >= 0.3 is 0 Å². The first-order chi connectivity index (χ1) is 27.4. The van der Waals surface area contributed by atoms with Crippen LogP contribution in [0.5, 0.6) is 0 Å². The maximum absolute atomic E-state index is 14.6. The van der Waals surface area contributed by atoms with Crippen molar-refractivity contribution in [2.75, 3.05) is 25.0 Å². The molecule has 1 N–H and O–H groups in total.